The standard InChI is InChI=1S/3C25H32N3.Yb/c3*1-5-13-21(14-6-1)26-25(27-22-15-7-2-8-16-22)28(23-17-9-3-10-18-23)24-19-11-4-12-20-24;/h3*3-4,9-12,17-22H,1-2,5-8,13-16H2;/q3*-1;+3. The minimum atomic E-state index is 0. The fraction of sp³-hybridized carbons (Fsp3) is 0.480. The van der Waals surface area contributed by atoms with Crippen molar-refractivity contribution >= 4 is 52.0 Å². The van der Waals surface area contributed by atoms with Crippen molar-refractivity contribution in [2.24, 2.45) is 15.0 Å². The number of guanidine groups is 3. The Morgan fingerprint density at radius 1 is 0.235 bits per heavy atom. The molecule has 0 unspecified atom stereocenters. The molecule has 0 heterocycles. The van der Waals surface area contributed by atoms with Gasteiger partial charge in [-0.1, -0.05) is 298 Å². The minimum Gasteiger partial charge on any atom is -0.390 e. The Bertz CT molecular complexity index is 2390. The quantitative estimate of drug-likeness (QED) is 0.0903. The molecular formula is C75H96N9Yb. The molecule has 0 amide bonds. The van der Waals surface area contributed by atoms with Crippen molar-refractivity contribution in [3.05, 3.63) is 198 Å². The first kappa shape index (κ1) is 64.1. The molecule has 0 spiro atoms. The Balaban J connectivity index is 0.000000152. The third kappa shape index (κ3) is 20.4. The van der Waals surface area contributed by atoms with Crippen molar-refractivity contribution in [2.75, 3.05) is 14.7 Å². The summed E-state index contributed by atoms with van der Waals surface area (Å²) < 4.78 is 0. The molecule has 0 bridgehead atoms. The van der Waals surface area contributed by atoms with Crippen molar-refractivity contribution in [1.29, 1.82) is 0 Å². The minimum absolute atomic E-state index is 0. The molecule has 0 aromatic heterocycles. The van der Waals surface area contributed by atoms with Gasteiger partial charge < -0.3 is 45.6 Å². The molecule has 85 heavy (non-hydrogen) atoms. The Labute approximate surface area is 550 Å². The van der Waals surface area contributed by atoms with Crippen LogP contribution in [-0.2, 0) is 0 Å². The van der Waals surface area contributed by atoms with E-state index in [0.717, 1.165) is 52.0 Å². The molecule has 6 aliphatic carbocycles. The topological polar surface area (TPSA) is 89.1 Å². The van der Waals surface area contributed by atoms with Gasteiger partial charge in [0.25, 0.3) is 0 Å². The second-order valence-corrected chi connectivity index (χ2v) is 24.4. The summed E-state index contributed by atoms with van der Waals surface area (Å²) in [5.41, 5.74) is 6.85. The molecule has 12 rings (SSSR count). The molecule has 6 aliphatic rings. The third-order valence-electron chi connectivity index (χ3n) is 17.9. The molecule has 10 heteroatoms. The maximum absolute atomic E-state index is 5.26. The van der Waals surface area contributed by atoms with Gasteiger partial charge in [-0.2, -0.15) is 0 Å². The maximum Gasteiger partial charge on any atom is 3.00 e. The van der Waals surface area contributed by atoms with Crippen LogP contribution in [0.5, 0.6) is 0 Å². The zero-order chi connectivity index (χ0) is 57.1. The van der Waals surface area contributed by atoms with E-state index < -0.39 is 0 Å². The van der Waals surface area contributed by atoms with Gasteiger partial charge in [0.2, 0.25) is 0 Å². The van der Waals surface area contributed by atoms with Crippen LogP contribution in [0.15, 0.2) is 197 Å². The summed E-state index contributed by atoms with van der Waals surface area (Å²) in [4.78, 5) is 22.6. The van der Waals surface area contributed by atoms with Crippen molar-refractivity contribution in [1.82, 2.24) is 0 Å². The molecule has 1 radical (unpaired) electrons. The molecule has 6 aromatic carbocycles. The van der Waals surface area contributed by atoms with Crippen LogP contribution in [-0.4, -0.2) is 54.1 Å². The predicted molar refractivity (Wildman–Crippen MR) is 359 cm³/mol. The molecule has 455 valence electrons. The number of aliphatic imine (C=N–C) groups is 3. The van der Waals surface area contributed by atoms with Crippen LogP contribution in [0.25, 0.3) is 16.0 Å². The summed E-state index contributed by atoms with van der Waals surface area (Å²) in [6, 6.07) is 66.1. The van der Waals surface area contributed by atoms with Crippen molar-refractivity contribution in [3.8, 4) is 0 Å². The molecule has 0 saturated heterocycles. The molecule has 0 aliphatic heterocycles. The van der Waals surface area contributed by atoms with Gasteiger partial charge in [-0.3, -0.25) is 0 Å². The first-order valence-corrected chi connectivity index (χ1v) is 33.3. The van der Waals surface area contributed by atoms with Crippen molar-refractivity contribution in [2.45, 2.75) is 229 Å². The first-order valence-electron chi connectivity index (χ1n) is 33.3. The summed E-state index contributed by atoms with van der Waals surface area (Å²) in [6.07, 6.45) is 38.0. The Morgan fingerprint density at radius 3 is 0.576 bits per heavy atom. The molecular weight excluding hydrogens is 1200 g/mol. The van der Waals surface area contributed by atoms with Crippen LogP contribution >= 0.6 is 0 Å². The van der Waals surface area contributed by atoms with Gasteiger partial charge in [0, 0.05) is 17.9 Å². The molecule has 6 saturated carbocycles. The van der Waals surface area contributed by atoms with E-state index in [-0.39, 0.29) is 46.9 Å². The molecule has 9 nitrogen and oxygen atoms in total. The number of hydrogen-bond donors (Lipinski definition) is 0. The maximum atomic E-state index is 5.26. The Kier molecular flexibility index (Phi) is 27.2. The van der Waals surface area contributed by atoms with E-state index in [0.29, 0.717) is 36.3 Å². The van der Waals surface area contributed by atoms with Crippen LogP contribution in [0.4, 0.5) is 34.1 Å². The van der Waals surface area contributed by atoms with E-state index >= 15 is 0 Å². The van der Waals surface area contributed by atoms with Crippen LogP contribution in [0, 0.1) is 46.9 Å². The number of rotatable bonds is 12. The fourth-order valence-corrected chi connectivity index (χ4v) is 13.3. The van der Waals surface area contributed by atoms with E-state index in [1.807, 2.05) is 0 Å². The van der Waals surface area contributed by atoms with E-state index in [1.54, 1.807) is 0 Å². The average molecular weight is 1300 g/mol. The van der Waals surface area contributed by atoms with Gasteiger partial charge in [-0.05, 0) is 147 Å². The molecule has 0 atom stereocenters. The van der Waals surface area contributed by atoms with E-state index in [2.05, 4.69) is 197 Å². The third-order valence-corrected chi connectivity index (χ3v) is 17.9. The summed E-state index contributed by atoms with van der Waals surface area (Å²) in [5.74, 6) is 2.74. The van der Waals surface area contributed by atoms with Crippen LogP contribution in [0.2, 0.25) is 0 Å². The summed E-state index contributed by atoms with van der Waals surface area (Å²) in [6.45, 7) is 0. The van der Waals surface area contributed by atoms with Crippen LogP contribution < -0.4 is 14.7 Å². The predicted octanol–water partition coefficient (Wildman–Crippen LogP) is 21.7. The number of benzene rings is 6. The van der Waals surface area contributed by atoms with E-state index in [9.17, 15) is 0 Å². The fourth-order valence-electron chi connectivity index (χ4n) is 13.3. The normalized spacial score (nSPS) is 19.1. The Hall–Kier alpha value is -5.35. The van der Waals surface area contributed by atoms with Gasteiger partial charge in [0.05, 0.1) is 0 Å². The summed E-state index contributed by atoms with van der Waals surface area (Å²) in [7, 11) is 0. The molecule has 6 aromatic rings. The van der Waals surface area contributed by atoms with Crippen molar-refractivity contribution in [3.63, 3.8) is 0 Å². The number of nitrogens with zero attached hydrogens (tertiary/aromatic N) is 9. The van der Waals surface area contributed by atoms with Gasteiger partial charge >= 0.3 is 46.9 Å². The van der Waals surface area contributed by atoms with E-state index in [1.165, 1.54) is 193 Å². The van der Waals surface area contributed by atoms with Gasteiger partial charge in [0.1, 0.15) is 0 Å². The summed E-state index contributed by atoms with van der Waals surface area (Å²) in [5, 5.41) is 15.8. The van der Waals surface area contributed by atoms with Crippen molar-refractivity contribution < 1.29 is 46.9 Å². The smallest absolute Gasteiger partial charge is 0.390 e. The zero-order valence-electron chi connectivity index (χ0n) is 50.8. The first-order chi connectivity index (χ1) is 41.7. The van der Waals surface area contributed by atoms with Gasteiger partial charge in [-0.15, -0.1) is 0 Å². The zero-order valence-corrected chi connectivity index (χ0v) is 52.5. The summed E-state index contributed by atoms with van der Waals surface area (Å²) >= 11 is 0. The van der Waals surface area contributed by atoms with Crippen LogP contribution in [0.3, 0.4) is 0 Å². The monoisotopic (exact) mass is 1300 g/mol. The SMILES string of the molecule is [Yb+3].c1ccc(N(C(=NC2CCCCC2)[N-]C2CCCCC2)c2ccccc2)cc1.c1ccc(N(C(=NC2CCCCC2)[N-]C2CCCCC2)c2ccccc2)cc1.c1ccc(N(C(=NC2CCCCC2)[N-]C2CCCCC2)c2ccccc2)cc1. The number of hydrogen-bond acceptors (Lipinski definition) is 3. The average Bonchev–Trinajstić information content (AvgIpc) is 3.60. The van der Waals surface area contributed by atoms with Crippen LogP contribution in [0.1, 0.15) is 193 Å². The van der Waals surface area contributed by atoms with Gasteiger partial charge in [-0.25, -0.2) is 0 Å². The largest absolute Gasteiger partial charge is 3.00 e. The second-order valence-electron chi connectivity index (χ2n) is 24.4. The molecule has 6 fully saturated rings. The molecule has 0 N–H and O–H groups in total. The Morgan fingerprint density at radius 2 is 0.400 bits per heavy atom. The number of para-hydroxylation sites is 6. The van der Waals surface area contributed by atoms with E-state index in [4.69, 9.17) is 30.9 Å². The van der Waals surface area contributed by atoms with Gasteiger partial charge in [0.15, 0.2) is 0 Å². The number of anilines is 6. The second kappa shape index (κ2) is 36.1.